The molecule has 1 aromatic heterocycles. The number of rotatable bonds is 4. The third kappa shape index (κ3) is 2.26. The van der Waals surface area contributed by atoms with Gasteiger partial charge in [-0.15, -0.1) is 0 Å². The SMILES string of the molecule is Cn1nc(CNOC2CCCC2)c2ccccc21. The molecule has 0 atom stereocenters. The van der Waals surface area contributed by atoms with Crippen molar-refractivity contribution in [2.24, 2.45) is 7.05 Å². The van der Waals surface area contributed by atoms with Gasteiger partial charge in [0.25, 0.3) is 0 Å². The molecule has 2 aromatic rings. The lowest BCUT2D eigenvalue weighted by Crippen LogP contribution is -2.21. The smallest absolute Gasteiger partial charge is 0.0864 e. The van der Waals surface area contributed by atoms with E-state index in [1.165, 1.54) is 31.1 Å². The Labute approximate surface area is 107 Å². The summed E-state index contributed by atoms with van der Waals surface area (Å²) in [5, 5.41) is 5.72. The van der Waals surface area contributed by atoms with Crippen LogP contribution in [0, 0.1) is 0 Å². The van der Waals surface area contributed by atoms with Crippen molar-refractivity contribution in [2.45, 2.75) is 38.3 Å². The van der Waals surface area contributed by atoms with Crippen LogP contribution >= 0.6 is 0 Å². The molecule has 0 unspecified atom stereocenters. The second kappa shape index (κ2) is 5.08. The molecule has 0 spiro atoms. The zero-order valence-electron chi connectivity index (χ0n) is 10.7. The number of aromatic nitrogens is 2. The van der Waals surface area contributed by atoms with Crippen molar-refractivity contribution in [1.82, 2.24) is 15.3 Å². The van der Waals surface area contributed by atoms with Gasteiger partial charge in [0.15, 0.2) is 0 Å². The zero-order valence-corrected chi connectivity index (χ0v) is 10.7. The summed E-state index contributed by atoms with van der Waals surface area (Å²) in [6, 6.07) is 8.28. The van der Waals surface area contributed by atoms with Crippen LogP contribution in [0.15, 0.2) is 24.3 Å². The molecule has 3 rings (SSSR count). The summed E-state index contributed by atoms with van der Waals surface area (Å²) in [5.74, 6) is 0. The standard InChI is InChI=1S/C14H19N3O/c1-17-14-9-5-4-8-12(14)13(16-17)10-15-18-11-6-2-3-7-11/h4-5,8-9,11,15H,2-3,6-7,10H2,1H3. The summed E-state index contributed by atoms with van der Waals surface area (Å²) in [6.45, 7) is 0.665. The summed E-state index contributed by atoms with van der Waals surface area (Å²) in [5.41, 5.74) is 5.28. The normalized spacial score (nSPS) is 16.7. The van der Waals surface area contributed by atoms with E-state index in [1.54, 1.807) is 0 Å². The van der Waals surface area contributed by atoms with Crippen LogP contribution in [0.1, 0.15) is 31.4 Å². The lowest BCUT2D eigenvalue weighted by Gasteiger charge is -2.10. The number of aryl methyl sites for hydroxylation is 1. The van der Waals surface area contributed by atoms with Gasteiger partial charge in [-0.25, -0.2) is 0 Å². The van der Waals surface area contributed by atoms with Crippen molar-refractivity contribution in [3.63, 3.8) is 0 Å². The maximum atomic E-state index is 5.67. The lowest BCUT2D eigenvalue weighted by molar-refractivity contribution is -0.0247. The number of para-hydroxylation sites is 1. The molecule has 0 saturated heterocycles. The van der Waals surface area contributed by atoms with Gasteiger partial charge in [0.1, 0.15) is 0 Å². The van der Waals surface area contributed by atoms with Crippen molar-refractivity contribution in [2.75, 3.05) is 0 Å². The van der Waals surface area contributed by atoms with Gasteiger partial charge in [0.2, 0.25) is 0 Å². The van der Waals surface area contributed by atoms with Gasteiger partial charge in [-0.1, -0.05) is 31.0 Å². The van der Waals surface area contributed by atoms with Gasteiger partial charge in [0.05, 0.1) is 23.9 Å². The first-order chi connectivity index (χ1) is 8.84. The molecule has 4 heteroatoms. The number of hydrogen-bond donors (Lipinski definition) is 1. The lowest BCUT2D eigenvalue weighted by atomic mass is 10.2. The van der Waals surface area contributed by atoms with Crippen molar-refractivity contribution < 1.29 is 4.84 Å². The second-order valence-electron chi connectivity index (χ2n) is 4.93. The molecule has 18 heavy (non-hydrogen) atoms. The van der Waals surface area contributed by atoms with E-state index < -0.39 is 0 Å². The molecule has 4 nitrogen and oxygen atoms in total. The fourth-order valence-electron chi connectivity index (χ4n) is 2.65. The van der Waals surface area contributed by atoms with Crippen molar-refractivity contribution >= 4 is 10.9 Å². The Hall–Kier alpha value is -1.39. The fourth-order valence-corrected chi connectivity index (χ4v) is 2.65. The quantitative estimate of drug-likeness (QED) is 0.841. The Morgan fingerprint density at radius 1 is 1.33 bits per heavy atom. The summed E-state index contributed by atoms with van der Waals surface area (Å²) in [7, 11) is 1.98. The molecular formula is C14H19N3O. The van der Waals surface area contributed by atoms with Crippen molar-refractivity contribution in [3.8, 4) is 0 Å². The topological polar surface area (TPSA) is 39.1 Å². The first kappa shape index (κ1) is 11.7. The molecule has 0 bridgehead atoms. The molecule has 1 N–H and O–H groups in total. The number of nitrogens with one attached hydrogen (secondary N) is 1. The van der Waals surface area contributed by atoms with E-state index in [9.17, 15) is 0 Å². The van der Waals surface area contributed by atoms with Gasteiger partial charge in [-0.05, 0) is 18.9 Å². The van der Waals surface area contributed by atoms with Crippen LogP contribution in [0.5, 0.6) is 0 Å². The number of fused-ring (bicyclic) bond motifs is 1. The molecule has 0 amide bonds. The molecule has 1 saturated carbocycles. The van der Waals surface area contributed by atoms with Crippen LogP contribution < -0.4 is 5.48 Å². The van der Waals surface area contributed by atoms with E-state index in [4.69, 9.17) is 4.84 Å². The van der Waals surface area contributed by atoms with Crippen LogP contribution in [0.2, 0.25) is 0 Å². The minimum Gasteiger partial charge on any atom is -0.298 e. The summed E-state index contributed by atoms with van der Waals surface area (Å²) in [6.07, 6.45) is 5.32. The molecular weight excluding hydrogens is 226 g/mol. The third-order valence-corrected chi connectivity index (χ3v) is 3.63. The van der Waals surface area contributed by atoms with Gasteiger partial charge in [-0.3, -0.25) is 9.52 Å². The second-order valence-corrected chi connectivity index (χ2v) is 4.93. The Bertz CT molecular complexity index is 529. The zero-order chi connectivity index (χ0) is 12.4. The number of nitrogens with zero attached hydrogens (tertiary/aromatic N) is 2. The van der Waals surface area contributed by atoms with E-state index in [2.05, 4.69) is 22.7 Å². The number of hydrogen-bond acceptors (Lipinski definition) is 3. The highest BCUT2D eigenvalue weighted by Crippen LogP contribution is 2.21. The average molecular weight is 245 g/mol. The first-order valence-corrected chi connectivity index (χ1v) is 6.64. The van der Waals surface area contributed by atoms with Crippen LogP contribution in [0.4, 0.5) is 0 Å². The molecule has 1 aliphatic rings. The third-order valence-electron chi connectivity index (χ3n) is 3.63. The average Bonchev–Trinajstić information content (AvgIpc) is 3.00. The van der Waals surface area contributed by atoms with E-state index in [-0.39, 0.29) is 0 Å². The molecule has 1 aliphatic carbocycles. The highest BCUT2D eigenvalue weighted by molar-refractivity contribution is 5.81. The Morgan fingerprint density at radius 2 is 2.11 bits per heavy atom. The molecule has 0 radical (unpaired) electrons. The molecule has 1 aromatic carbocycles. The van der Waals surface area contributed by atoms with Crippen molar-refractivity contribution in [3.05, 3.63) is 30.0 Å². The van der Waals surface area contributed by atoms with E-state index in [0.29, 0.717) is 12.6 Å². The van der Waals surface area contributed by atoms with E-state index in [0.717, 1.165) is 11.2 Å². The fraction of sp³-hybridized carbons (Fsp3) is 0.500. The van der Waals surface area contributed by atoms with E-state index in [1.807, 2.05) is 23.9 Å². The minimum atomic E-state index is 0.389. The van der Waals surface area contributed by atoms with Gasteiger partial charge in [0, 0.05) is 12.4 Å². The largest absolute Gasteiger partial charge is 0.298 e. The highest BCUT2D eigenvalue weighted by Gasteiger charge is 2.16. The molecule has 96 valence electrons. The Kier molecular flexibility index (Phi) is 3.30. The van der Waals surface area contributed by atoms with Crippen LogP contribution in [-0.4, -0.2) is 15.9 Å². The summed E-state index contributed by atoms with van der Waals surface area (Å²) < 4.78 is 1.92. The Balaban J connectivity index is 1.67. The monoisotopic (exact) mass is 245 g/mol. The molecule has 1 heterocycles. The predicted molar refractivity (Wildman–Crippen MR) is 70.9 cm³/mol. The van der Waals surface area contributed by atoms with E-state index >= 15 is 0 Å². The molecule has 0 aliphatic heterocycles. The van der Waals surface area contributed by atoms with Gasteiger partial charge < -0.3 is 0 Å². The highest BCUT2D eigenvalue weighted by atomic mass is 16.7. The number of benzene rings is 1. The maximum absolute atomic E-state index is 5.67. The summed E-state index contributed by atoms with van der Waals surface area (Å²) in [4.78, 5) is 5.67. The number of hydroxylamine groups is 1. The Morgan fingerprint density at radius 3 is 2.94 bits per heavy atom. The van der Waals surface area contributed by atoms with Gasteiger partial charge >= 0.3 is 0 Å². The van der Waals surface area contributed by atoms with Crippen LogP contribution in [0.25, 0.3) is 10.9 Å². The van der Waals surface area contributed by atoms with Gasteiger partial charge in [-0.2, -0.15) is 10.6 Å². The summed E-state index contributed by atoms with van der Waals surface area (Å²) >= 11 is 0. The van der Waals surface area contributed by atoms with Crippen molar-refractivity contribution in [1.29, 1.82) is 0 Å². The van der Waals surface area contributed by atoms with Crippen LogP contribution in [-0.2, 0) is 18.4 Å². The minimum absolute atomic E-state index is 0.389. The predicted octanol–water partition coefficient (Wildman–Crippen LogP) is 2.54. The van der Waals surface area contributed by atoms with Crippen LogP contribution in [0.3, 0.4) is 0 Å². The maximum Gasteiger partial charge on any atom is 0.0864 e. The molecule has 1 fully saturated rings. The first-order valence-electron chi connectivity index (χ1n) is 6.64.